The highest BCUT2D eigenvalue weighted by molar-refractivity contribution is 5.29. The molecule has 0 aliphatic heterocycles. The van der Waals surface area contributed by atoms with Gasteiger partial charge in [-0.1, -0.05) is 19.4 Å². The third-order valence-corrected chi connectivity index (χ3v) is 4.04. The fourth-order valence-corrected chi connectivity index (χ4v) is 2.79. The smallest absolute Gasteiger partial charge is 0.165 e. The molecule has 1 fully saturated rings. The quantitative estimate of drug-likeness (QED) is 0.872. The van der Waals surface area contributed by atoms with Crippen molar-refractivity contribution < 1.29 is 9.13 Å². The zero-order valence-electron chi connectivity index (χ0n) is 11.9. The van der Waals surface area contributed by atoms with Crippen LogP contribution < -0.4 is 10.1 Å². The van der Waals surface area contributed by atoms with Crippen molar-refractivity contribution in [3.63, 3.8) is 0 Å². The molecule has 1 aliphatic rings. The van der Waals surface area contributed by atoms with Gasteiger partial charge in [-0.15, -0.1) is 0 Å². The Balaban J connectivity index is 1.92. The Bertz CT molecular complexity index is 400. The topological polar surface area (TPSA) is 21.3 Å². The molecule has 0 bridgehead atoms. The minimum atomic E-state index is -0.245. The maximum absolute atomic E-state index is 13.9. The molecule has 0 unspecified atom stereocenters. The van der Waals surface area contributed by atoms with Crippen molar-refractivity contribution in [2.24, 2.45) is 5.92 Å². The zero-order valence-corrected chi connectivity index (χ0v) is 11.9. The Kier molecular flexibility index (Phi) is 5.20. The molecule has 0 saturated heterocycles. The van der Waals surface area contributed by atoms with Gasteiger partial charge in [-0.05, 0) is 56.3 Å². The van der Waals surface area contributed by atoms with Gasteiger partial charge in [0.2, 0.25) is 0 Å². The van der Waals surface area contributed by atoms with Gasteiger partial charge in [0.15, 0.2) is 11.6 Å². The molecule has 106 valence electrons. The van der Waals surface area contributed by atoms with Crippen LogP contribution in [0.25, 0.3) is 0 Å². The van der Waals surface area contributed by atoms with Gasteiger partial charge in [0, 0.05) is 6.54 Å². The predicted octanol–water partition coefficient (Wildman–Crippen LogP) is 3.89. The van der Waals surface area contributed by atoms with Crippen molar-refractivity contribution in [3.05, 3.63) is 29.6 Å². The molecule has 1 aliphatic carbocycles. The maximum Gasteiger partial charge on any atom is 0.165 e. The summed E-state index contributed by atoms with van der Waals surface area (Å²) < 4.78 is 19.7. The van der Waals surface area contributed by atoms with Crippen molar-refractivity contribution in [1.82, 2.24) is 5.32 Å². The van der Waals surface area contributed by atoms with Crippen LogP contribution in [0, 0.1) is 11.7 Å². The molecule has 3 heteroatoms. The lowest BCUT2D eigenvalue weighted by atomic mass is 9.86. The van der Waals surface area contributed by atoms with E-state index in [4.69, 9.17) is 4.74 Å². The summed E-state index contributed by atoms with van der Waals surface area (Å²) in [6, 6.07) is 5.24. The van der Waals surface area contributed by atoms with Crippen molar-refractivity contribution in [1.29, 1.82) is 0 Å². The highest BCUT2D eigenvalue weighted by Crippen LogP contribution is 2.30. The normalized spacial score (nSPS) is 23.3. The van der Waals surface area contributed by atoms with E-state index in [9.17, 15) is 4.39 Å². The van der Waals surface area contributed by atoms with Crippen molar-refractivity contribution >= 4 is 0 Å². The summed E-state index contributed by atoms with van der Waals surface area (Å²) in [5, 5.41) is 3.02. The Hall–Kier alpha value is -1.09. The summed E-state index contributed by atoms with van der Waals surface area (Å²) in [4.78, 5) is 0. The largest absolute Gasteiger partial charge is 0.487 e. The van der Waals surface area contributed by atoms with Gasteiger partial charge in [0.1, 0.15) is 0 Å². The molecule has 0 atom stereocenters. The van der Waals surface area contributed by atoms with Crippen molar-refractivity contribution in [2.75, 3.05) is 7.05 Å². The number of hydrogen-bond donors (Lipinski definition) is 1. The summed E-state index contributed by atoms with van der Waals surface area (Å²) in [6.07, 6.45) is 5.96. The maximum atomic E-state index is 13.9. The van der Waals surface area contributed by atoms with Gasteiger partial charge in [0.05, 0.1) is 6.10 Å². The SMILES string of the molecule is CCC1CCC(Oc2ccc(CNC)cc2F)CC1. The fourth-order valence-electron chi connectivity index (χ4n) is 2.79. The lowest BCUT2D eigenvalue weighted by Crippen LogP contribution is -2.24. The molecule has 0 radical (unpaired) electrons. The van der Waals surface area contributed by atoms with Gasteiger partial charge in [0.25, 0.3) is 0 Å². The first-order chi connectivity index (χ1) is 9.22. The Labute approximate surface area is 115 Å². The van der Waals surface area contributed by atoms with Crippen LogP contribution in [0.1, 0.15) is 44.6 Å². The third-order valence-electron chi connectivity index (χ3n) is 4.04. The van der Waals surface area contributed by atoms with Crippen LogP contribution in [-0.2, 0) is 6.54 Å². The molecule has 19 heavy (non-hydrogen) atoms. The van der Waals surface area contributed by atoms with E-state index in [1.54, 1.807) is 12.1 Å². The van der Waals surface area contributed by atoms with Crippen LogP contribution in [-0.4, -0.2) is 13.2 Å². The number of ether oxygens (including phenoxy) is 1. The van der Waals surface area contributed by atoms with Crippen molar-refractivity contribution in [3.8, 4) is 5.75 Å². The fraction of sp³-hybridized carbons (Fsp3) is 0.625. The molecule has 0 spiro atoms. The molecule has 2 rings (SSSR count). The summed E-state index contributed by atoms with van der Waals surface area (Å²) in [5.41, 5.74) is 0.946. The second kappa shape index (κ2) is 6.90. The van der Waals surface area contributed by atoms with Gasteiger partial charge in [-0.3, -0.25) is 0 Å². The lowest BCUT2D eigenvalue weighted by molar-refractivity contribution is 0.125. The number of benzene rings is 1. The molecule has 1 saturated carbocycles. The molecule has 0 heterocycles. The number of halogens is 1. The Morgan fingerprint density at radius 2 is 2.00 bits per heavy atom. The monoisotopic (exact) mass is 265 g/mol. The van der Waals surface area contributed by atoms with Gasteiger partial charge < -0.3 is 10.1 Å². The minimum absolute atomic E-state index is 0.187. The van der Waals surface area contributed by atoms with Crippen LogP contribution >= 0.6 is 0 Å². The Morgan fingerprint density at radius 1 is 1.26 bits per heavy atom. The highest BCUT2D eigenvalue weighted by Gasteiger charge is 2.22. The summed E-state index contributed by atoms with van der Waals surface area (Å²) >= 11 is 0. The Morgan fingerprint density at radius 3 is 2.58 bits per heavy atom. The average molecular weight is 265 g/mol. The molecule has 1 N–H and O–H groups in total. The molecule has 2 nitrogen and oxygen atoms in total. The van der Waals surface area contributed by atoms with Crippen LogP contribution in [0.2, 0.25) is 0 Å². The van der Waals surface area contributed by atoms with E-state index in [0.29, 0.717) is 12.3 Å². The van der Waals surface area contributed by atoms with E-state index in [1.807, 2.05) is 13.1 Å². The third kappa shape index (κ3) is 3.93. The summed E-state index contributed by atoms with van der Waals surface area (Å²) in [6.45, 7) is 2.92. The van der Waals surface area contributed by atoms with Crippen LogP contribution in [0.3, 0.4) is 0 Å². The van der Waals surface area contributed by atoms with Crippen LogP contribution in [0.4, 0.5) is 4.39 Å². The van der Waals surface area contributed by atoms with Gasteiger partial charge in [-0.2, -0.15) is 0 Å². The number of rotatable bonds is 5. The van der Waals surface area contributed by atoms with Crippen LogP contribution in [0.15, 0.2) is 18.2 Å². The van der Waals surface area contributed by atoms with Gasteiger partial charge in [-0.25, -0.2) is 4.39 Å². The van der Waals surface area contributed by atoms with E-state index in [1.165, 1.54) is 19.3 Å². The molecule has 0 amide bonds. The van der Waals surface area contributed by atoms with E-state index >= 15 is 0 Å². The van der Waals surface area contributed by atoms with E-state index < -0.39 is 0 Å². The number of nitrogens with one attached hydrogen (secondary N) is 1. The van der Waals surface area contributed by atoms with Crippen molar-refractivity contribution in [2.45, 2.75) is 51.7 Å². The van der Waals surface area contributed by atoms with E-state index in [2.05, 4.69) is 12.2 Å². The van der Waals surface area contributed by atoms with E-state index in [-0.39, 0.29) is 11.9 Å². The summed E-state index contributed by atoms with van der Waals surface area (Å²) in [5.74, 6) is 0.993. The molecule has 1 aromatic carbocycles. The zero-order chi connectivity index (χ0) is 13.7. The predicted molar refractivity (Wildman–Crippen MR) is 75.8 cm³/mol. The van der Waals surface area contributed by atoms with Gasteiger partial charge >= 0.3 is 0 Å². The first kappa shape index (κ1) is 14.3. The highest BCUT2D eigenvalue weighted by atomic mass is 19.1. The summed E-state index contributed by atoms with van der Waals surface area (Å²) in [7, 11) is 1.86. The minimum Gasteiger partial charge on any atom is -0.487 e. The average Bonchev–Trinajstić information content (AvgIpc) is 2.43. The molecule has 1 aromatic rings. The van der Waals surface area contributed by atoms with Crippen LogP contribution in [0.5, 0.6) is 5.75 Å². The standard InChI is InChI=1S/C16H24FNO/c1-3-12-4-7-14(8-5-12)19-16-9-6-13(11-18-2)10-15(16)17/h6,9-10,12,14,18H,3-5,7-8,11H2,1-2H3. The second-order valence-electron chi connectivity index (χ2n) is 5.46. The number of hydrogen-bond acceptors (Lipinski definition) is 2. The second-order valence-corrected chi connectivity index (χ2v) is 5.46. The lowest BCUT2D eigenvalue weighted by Gasteiger charge is -2.28. The molecular formula is C16H24FNO. The molecular weight excluding hydrogens is 241 g/mol. The van der Waals surface area contributed by atoms with E-state index in [0.717, 1.165) is 24.3 Å². The molecule has 0 aromatic heterocycles. The first-order valence-corrected chi connectivity index (χ1v) is 7.32. The first-order valence-electron chi connectivity index (χ1n) is 7.32.